The van der Waals surface area contributed by atoms with E-state index in [1.54, 1.807) is 43.3 Å². The van der Waals surface area contributed by atoms with Crippen molar-refractivity contribution in [1.29, 1.82) is 0 Å². The van der Waals surface area contributed by atoms with Crippen LogP contribution in [-0.4, -0.2) is 21.9 Å². The first-order valence-corrected chi connectivity index (χ1v) is 8.31. The molecule has 1 amide bonds. The highest BCUT2D eigenvalue weighted by atomic mass is 35.5. The van der Waals surface area contributed by atoms with E-state index in [-0.39, 0.29) is 11.7 Å². The molecule has 0 saturated heterocycles. The van der Waals surface area contributed by atoms with Gasteiger partial charge in [-0.2, -0.15) is 10.2 Å². The van der Waals surface area contributed by atoms with Gasteiger partial charge in [-0.25, -0.2) is 14.5 Å². The lowest BCUT2D eigenvalue weighted by Crippen LogP contribution is -2.17. The third kappa shape index (κ3) is 3.92. The van der Waals surface area contributed by atoms with E-state index < -0.39 is 0 Å². The fourth-order valence-corrected chi connectivity index (χ4v) is 2.68. The smallest absolute Gasteiger partial charge is 0.267 e. The number of halogens is 3. The van der Waals surface area contributed by atoms with Crippen LogP contribution in [0.1, 0.15) is 21.6 Å². The molecule has 8 heteroatoms. The molecule has 3 aromatic rings. The zero-order valence-electron chi connectivity index (χ0n) is 13.6. The predicted octanol–water partition coefficient (Wildman–Crippen LogP) is 4.39. The molecule has 1 N–H and O–H groups in total. The number of benzene rings is 2. The second-order valence-corrected chi connectivity index (χ2v) is 6.18. The third-order valence-electron chi connectivity index (χ3n) is 3.59. The first-order valence-electron chi connectivity index (χ1n) is 7.56. The Bertz CT molecular complexity index is 966. The lowest BCUT2D eigenvalue weighted by atomic mass is 10.2. The molecule has 1 heterocycles. The molecule has 26 heavy (non-hydrogen) atoms. The van der Waals surface area contributed by atoms with Gasteiger partial charge in [0, 0.05) is 10.6 Å². The van der Waals surface area contributed by atoms with Crippen LogP contribution < -0.4 is 5.43 Å². The maximum atomic E-state index is 13.1. The number of carbonyl (C=O) groups is 1. The molecule has 3 rings (SSSR count). The molecular weight excluding hydrogens is 378 g/mol. The highest BCUT2D eigenvalue weighted by Crippen LogP contribution is 2.22. The van der Waals surface area contributed by atoms with Gasteiger partial charge in [0.05, 0.1) is 23.2 Å². The van der Waals surface area contributed by atoms with Gasteiger partial charge in [-0.05, 0) is 55.5 Å². The minimum atomic E-state index is -0.377. The highest BCUT2D eigenvalue weighted by Gasteiger charge is 2.13. The first kappa shape index (κ1) is 18.1. The summed E-state index contributed by atoms with van der Waals surface area (Å²) in [6.07, 6.45) is 1.42. The number of nitrogens with zero attached hydrogens (tertiary/aromatic N) is 3. The average Bonchev–Trinajstić information content (AvgIpc) is 2.91. The molecule has 0 aliphatic heterocycles. The molecule has 0 unspecified atom stereocenters. The Morgan fingerprint density at radius 1 is 1.15 bits per heavy atom. The number of hydrogen-bond acceptors (Lipinski definition) is 3. The van der Waals surface area contributed by atoms with Crippen molar-refractivity contribution in [2.24, 2.45) is 5.10 Å². The summed E-state index contributed by atoms with van der Waals surface area (Å²) in [7, 11) is 0. The molecule has 132 valence electrons. The number of carbonyl (C=O) groups excluding carboxylic acids is 1. The number of aromatic nitrogens is 2. The Balaban J connectivity index is 1.77. The molecule has 0 aliphatic rings. The Morgan fingerprint density at radius 3 is 2.46 bits per heavy atom. The number of rotatable bonds is 4. The van der Waals surface area contributed by atoms with Gasteiger partial charge in [0.1, 0.15) is 11.0 Å². The number of nitrogens with one attached hydrogen (secondary N) is 1. The average molecular weight is 391 g/mol. The van der Waals surface area contributed by atoms with Crippen molar-refractivity contribution >= 4 is 35.3 Å². The van der Waals surface area contributed by atoms with E-state index in [0.29, 0.717) is 32.7 Å². The summed E-state index contributed by atoms with van der Waals surface area (Å²) in [6, 6.07) is 12.2. The molecule has 0 aliphatic carbocycles. The Morgan fingerprint density at radius 2 is 1.81 bits per heavy atom. The topological polar surface area (TPSA) is 59.3 Å². The zero-order valence-corrected chi connectivity index (χ0v) is 15.1. The van der Waals surface area contributed by atoms with Gasteiger partial charge < -0.3 is 0 Å². The maximum Gasteiger partial charge on any atom is 0.271 e. The van der Waals surface area contributed by atoms with Gasteiger partial charge in [0.15, 0.2) is 0 Å². The molecule has 5 nitrogen and oxygen atoms in total. The molecule has 0 radical (unpaired) electrons. The van der Waals surface area contributed by atoms with E-state index in [9.17, 15) is 9.18 Å². The van der Waals surface area contributed by atoms with Crippen LogP contribution in [0.5, 0.6) is 0 Å². The molecule has 0 saturated carbocycles. The second kappa shape index (κ2) is 7.68. The van der Waals surface area contributed by atoms with E-state index in [2.05, 4.69) is 15.6 Å². The first-order chi connectivity index (χ1) is 12.5. The minimum Gasteiger partial charge on any atom is -0.267 e. The van der Waals surface area contributed by atoms with Crippen molar-refractivity contribution in [3.05, 3.63) is 81.3 Å². The monoisotopic (exact) mass is 390 g/mol. The van der Waals surface area contributed by atoms with Gasteiger partial charge in [-0.3, -0.25) is 4.79 Å². The van der Waals surface area contributed by atoms with Crippen LogP contribution in [0.3, 0.4) is 0 Å². The summed E-state index contributed by atoms with van der Waals surface area (Å²) in [5, 5.41) is 9.09. The Labute approximate surface area is 159 Å². The largest absolute Gasteiger partial charge is 0.271 e. The summed E-state index contributed by atoms with van der Waals surface area (Å²) in [6.45, 7) is 1.76. The van der Waals surface area contributed by atoms with Crippen molar-refractivity contribution < 1.29 is 9.18 Å². The summed E-state index contributed by atoms with van der Waals surface area (Å²) >= 11 is 12.1. The molecule has 1 aromatic heterocycles. The van der Waals surface area contributed by atoms with Gasteiger partial charge >= 0.3 is 0 Å². The minimum absolute atomic E-state index is 0.304. The molecule has 0 fully saturated rings. The van der Waals surface area contributed by atoms with Gasteiger partial charge in [-0.15, -0.1) is 0 Å². The Hall–Kier alpha value is -2.70. The van der Waals surface area contributed by atoms with Crippen molar-refractivity contribution in [3.63, 3.8) is 0 Å². The number of hydrogen-bond donors (Lipinski definition) is 1. The van der Waals surface area contributed by atoms with Crippen molar-refractivity contribution in [1.82, 2.24) is 15.2 Å². The molecule has 0 atom stereocenters. The maximum absolute atomic E-state index is 13.1. The Kier molecular flexibility index (Phi) is 5.35. The van der Waals surface area contributed by atoms with Crippen LogP contribution >= 0.6 is 23.2 Å². The van der Waals surface area contributed by atoms with E-state index in [1.165, 1.54) is 23.0 Å². The molecule has 0 spiro atoms. The predicted molar refractivity (Wildman–Crippen MR) is 99.8 cm³/mol. The summed E-state index contributed by atoms with van der Waals surface area (Å²) < 4.78 is 14.5. The van der Waals surface area contributed by atoms with E-state index in [4.69, 9.17) is 23.2 Å². The number of amides is 1. The fourth-order valence-electron chi connectivity index (χ4n) is 2.23. The summed E-state index contributed by atoms with van der Waals surface area (Å²) in [5.74, 6) is -0.724. The molecular formula is C18H13Cl2FN4O. The van der Waals surface area contributed by atoms with E-state index in [0.717, 1.165) is 0 Å². The third-order valence-corrected chi connectivity index (χ3v) is 4.20. The lowest BCUT2D eigenvalue weighted by Gasteiger charge is -2.02. The molecule has 0 bridgehead atoms. The number of hydrazone groups is 1. The van der Waals surface area contributed by atoms with Crippen LogP contribution in [0.4, 0.5) is 4.39 Å². The van der Waals surface area contributed by atoms with Gasteiger partial charge in [0.25, 0.3) is 5.91 Å². The number of aryl methyl sites for hydroxylation is 1. The summed E-state index contributed by atoms with van der Waals surface area (Å²) in [4.78, 5) is 12.0. The van der Waals surface area contributed by atoms with Crippen LogP contribution in [0.25, 0.3) is 5.69 Å². The van der Waals surface area contributed by atoms with E-state index >= 15 is 0 Å². The van der Waals surface area contributed by atoms with Crippen molar-refractivity contribution in [3.8, 4) is 5.69 Å². The highest BCUT2D eigenvalue weighted by molar-refractivity contribution is 6.32. The fraction of sp³-hybridized carbons (Fsp3) is 0.0556. The van der Waals surface area contributed by atoms with Crippen LogP contribution in [0, 0.1) is 12.7 Å². The quantitative estimate of drug-likeness (QED) is 0.530. The van der Waals surface area contributed by atoms with Crippen LogP contribution in [0.15, 0.2) is 53.6 Å². The van der Waals surface area contributed by atoms with Crippen molar-refractivity contribution in [2.75, 3.05) is 0 Å². The molecule has 2 aromatic carbocycles. The SMILES string of the molecule is Cc1nn(-c2ccc(F)cc2)c(Cl)c1/C=N\NC(=O)c1ccc(Cl)cc1. The van der Waals surface area contributed by atoms with E-state index in [1.807, 2.05) is 0 Å². The normalized spacial score (nSPS) is 11.1. The van der Waals surface area contributed by atoms with Crippen molar-refractivity contribution in [2.45, 2.75) is 6.92 Å². The standard InChI is InChI=1S/C18H13Cl2FN4O/c1-11-16(10-22-23-18(26)12-2-4-13(19)5-3-12)17(20)25(24-11)15-8-6-14(21)7-9-15/h2-10H,1H3,(H,23,26)/b22-10-. The lowest BCUT2D eigenvalue weighted by molar-refractivity contribution is 0.0955. The van der Waals surface area contributed by atoms with Crippen LogP contribution in [0.2, 0.25) is 10.2 Å². The van der Waals surface area contributed by atoms with Gasteiger partial charge in [-0.1, -0.05) is 23.2 Å². The van der Waals surface area contributed by atoms with Gasteiger partial charge in [0.2, 0.25) is 0 Å². The summed E-state index contributed by atoms with van der Waals surface area (Å²) in [5.41, 5.74) is 4.63. The second-order valence-electron chi connectivity index (χ2n) is 5.38. The zero-order chi connectivity index (χ0) is 18.7. The van der Waals surface area contributed by atoms with Crippen LogP contribution in [-0.2, 0) is 0 Å².